The normalized spacial score (nSPS) is 9.95. The summed E-state index contributed by atoms with van der Waals surface area (Å²) in [7, 11) is 1.49. The first-order valence-electron chi connectivity index (χ1n) is 5.71. The second kappa shape index (κ2) is 5.86. The van der Waals surface area contributed by atoms with Crippen LogP contribution in [0.25, 0.3) is 0 Å². The van der Waals surface area contributed by atoms with Gasteiger partial charge in [-0.05, 0) is 30.3 Å². The van der Waals surface area contributed by atoms with Gasteiger partial charge in [-0.2, -0.15) is 0 Å². The van der Waals surface area contributed by atoms with Crippen molar-refractivity contribution >= 4 is 11.7 Å². The molecule has 0 aliphatic rings. The van der Waals surface area contributed by atoms with Crippen molar-refractivity contribution in [2.45, 2.75) is 6.61 Å². The fraction of sp³-hybridized carbons (Fsp3) is 0.143. The summed E-state index contributed by atoms with van der Waals surface area (Å²) < 4.78 is 10.2. The molecule has 5 heteroatoms. The molecule has 0 fully saturated rings. The van der Waals surface area contributed by atoms with Gasteiger partial charge in [0.1, 0.15) is 12.4 Å². The summed E-state index contributed by atoms with van der Waals surface area (Å²) >= 11 is 0. The summed E-state index contributed by atoms with van der Waals surface area (Å²) in [5, 5.41) is 0. The van der Waals surface area contributed by atoms with E-state index in [1.54, 1.807) is 36.5 Å². The van der Waals surface area contributed by atoms with Crippen LogP contribution in [0.5, 0.6) is 5.75 Å². The van der Waals surface area contributed by atoms with Crippen LogP contribution in [0.3, 0.4) is 0 Å². The molecule has 1 heterocycles. The van der Waals surface area contributed by atoms with Crippen molar-refractivity contribution < 1.29 is 14.3 Å². The van der Waals surface area contributed by atoms with Crippen molar-refractivity contribution in [1.29, 1.82) is 0 Å². The summed E-state index contributed by atoms with van der Waals surface area (Å²) in [5.41, 5.74) is 7.24. The van der Waals surface area contributed by atoms with Crippen LogP contribution in [-0.4, -0.2) is 18.1 Å². The van der Waals surface area contributed by atoms with Crippen LogP contribution in [0.4, 0.5) is 5.69 Å². The summed E-state index contributed by atoms with van der Waals surface area (Å²) in [6.07, 6.45) is 1.65. The predicted molar refractivity (Wildman–Crippen MR) is 70.8 cm³/mol. The van der Waals surface area contributed by atoms with E-state index in [-0.39, 0.29) is 6.61 Å². The number of anilines is 1. The highest BCUT2D eigenvalue weighted by molar-refractivity contribution is 5.90. The number of ether oxygens (including phenoxy) is 2. The number of hydrogen-bond donors (Lipinski definition) is 1. The lowest BCUT2D eigenvalue weighted by Gasteiger charge is -2.07. The van der Waals surface area contributed by atoms with Crippen molar-refractivity contribution in [2.24, 2.45) is 0 Å². The molecule has 0 saturated carbocycles. The molecule has 98 valence electrons. The number of nitrogens with two attached hydrogens (primary N) is 1. The third-order valence-electron chi connectivity index (χ3n) is 2.55. The molecule has 0 aliphatic heterocycles. The van der Waals surface area contributed by atoms with Gasteiger partial charge in [-0.25, -0.2) is 4.79 Å². The second-order valence-corrected chi connectivity index (χ2v) is 3.85. The lowest BCUT2D eigenvalue weighted by atomic mass is 10.2. The molecule has 0 aliphatic carbocycles. The van der Waals surface area contributed by atoms with Crippen molar-refractivity contribution in [3.63, 3.8) is 0 Å². The van der Waals surface area contributed by atoms with E-state index >= 15 is 0 Å². The fourth-order valence-corrected chi connectivity index (χ4v) is 1.54. The van der Waals surface area contributed by atoms with E-state index in [4.69, 9.17) is 15.2 Å². The third kappa shape index (κ3) is 3.22. The molecule has 0 spiro atoms. The van der Waals surface area contributed by atoms with Crippen LogP contribution in [0.15, 0.2) is 42.6 Å². The first-order valence-corrected chi connectivity index (χ1v) is 5.71. The molecule has 2 rings (SSSR count). The number of carbonyl (C=O) groups is 1. The fourth-order valence-electron chi connectivity index (χ4n) is 1.54. The Morgan fingerprint density at radius 1 is 1.32 bits per heavy atom. The number of benzene rings is 1. The molecule has 0 saturated heterocycles. The van der Waals surface area contributed by atoms with Crippen molar-refractivity contribution in [1.82, 2.24) is 4.98 Å². The van der Waals surface area contributed by atoms with Gasteiger partial charge in [0.15, 0.2) is 0 Å². The zero-order chi connectivity index (χ0) is 13.7. The quantitative estimate of drug-likeness (QED) is 0.671. The van der Waals surface area contributed by atoms with Crippen LogP contribution < -0.4 is 10.5 Å². The van der Waals surface area contributed by atoms with Crippen molar-refractivity contribution in [2.75, 3.05) is 12.8 Å². The molecule has 19 heavy (non-hydrogen) atoms. The number of nitrogens with zero attached hydrogens (tertiary/aromatic N) is 1. The average Bonchev–Trinajstić information content (AvgIpc) is 2.46. The van der Waals surface area contributed by atoms with E-state index in [0.717, 1.165) is 0 Å². The Morgan fingerprint density at radius 2 is 2.16 bits per heavy atom. The largest absolute Gasteiger partial charge is 0.495 e. The van der Waals surface area contributed by atoms with Crippen LogP contribution in [0.1, 0.15) is 16.1 Å². The van der Waals surface area contributed by atoms with Gasteiger partial charge in [-0.3, -0.25) is 4.98 Å². The van der Waals surface area contributed by atoms with E-state index in [1.807, 2.05) is 6.07 Å². The highest BCUT2D eigenvalue weighted by Crippen LogP contribution is 2.22. The van der Waals surface area contributed by atoms with Gasteiger partial charge < -0.3 is 15.2 Å². The minimum absolute atomic E-state index is 0.131. The minimum atomic E-state index is -0.441. The zero-order valence-corrected chi connectivity index (χ0v) is 10.5. The Labute approximate surface area is 111 Å². The molecule has 2 N–H and O–H groups in total. The van der Waals surface area contributed by atoms with Crippen molar-refractivity contribution in [3.05, 3.63) is 53.9 Å². The summed E-state index contributed by atoms with van der Waals surface area (Å²) in [6.45, 7) is 0.131. The Kier molecular flexibility index (Phi) is 3.97. The van der Waals surface area contributed by atoms with Gasteiger partial charge >= 0.3 is 5.97 Å². The smallest absolute Gasteiger partial charge is 0.338 e. The number of hydrogen-bond acceptors (Lipinski definition) is 5. The summed E-state index contributed by atoms with van der Waals surface area (Å²) in [4.78, 5) is 15.9. The molecule has 0 radical (unpaired) electrons. The van der Waals surface area contributed by atoms with E-state index in [0.29, 0.717) is 22.7 Å². The highest BCUT2D eigenvalue weighted by atomic mass is 16.5. The molecule has 1 aromatic heterocycles. The number of esters is 1. The predicted octanol–water partition coefficient (Wildman–Crippen LogP) is 2.03. The zero-order valence-electron chi connectivity index (χ0n) is 10.5. The van der Waals surface area contributed by atoms with Gasteiger partial charge in [0, 0.05) is 6.20 Å². The lowest BCUT2D eigenvalue weighted by Crippen LogP contribution is -2.06. The number of nitrogen functional groups attached to an aromatic ring is 1. The molecular formula is C14H14N2O3. The van der Waals surface area contributed by atoms with E-state index in [1.165, 1.54) is 7.11 Å². The first kappa shape index (κ1) is 12.9. The minimum Gasteiger partial charge on any atom is -0.495 e. The molecule has 1 aromatic carbocycles. The maximum Gasteiger partial charge on any atom is 0.338 e. The highest BCUT2D eigenvalue weighted by Gasteiger charge is 2.10. The standard InChI is InChI=1S/C14H14N2O3/c1-18-13-8-10(5-6-12(13)15)14(17)19-9-11-4-2-3-7-16-11/h2-8H,9,15H2,1H3. The molecule has 0 amide bonds. The Morgan fingerprint density at radius 3 is 2.84 bits per heavy atom. The Bertz CT molecular complexity index is 570. The topological polar surface area (TPSA) is 74.4 Å². The Balaban J connectivity index is 2.04. The van der Waals surface area contributed by atoms with Crippen molar-refractivity contribution in [3.8, 4) is 5.75 Å². The monoisotopic (exact) mass is 258 g/mol. The molecule has 0 bridgehead atoms. The SMILES string of the molecule is COc1cc(C(=O)OCc2ccccn2)ccc1N. The van der Waals surface area contributed by atoms with E-state index < -0.39 is 5.97 Å². The number of pyridine rings is 1. The van der Waals surface area contributed by atoms with Gasteiger partial charge in [-0.15, -0.1) is 0 Å². The van der Waals surface area contributed by atoms with E-state index in [2.05, 4.69) is 4.98 Å². The first-order chi connectivity index (χ1) is 9.20. The number of methoxy groups -OCH3 is 1. The molecular weight excluding hydrogens is 244 g/mol. The Hall–Kier alpha value is -2.56. The van der Waals surface area contributed by atoms with Gasteiger partial charge in [0.2, 0.25) is 0 Å². The molecule has 0 atom stereocenters. The number of aromatic nitrogens is 1. The molecule has 2 aromatic rings. The van der Waals surface area contributed by atoms with Gasteiger partial charge in [-0.1, -0.05) is 6.07 Å². The van der Waals surface area contributed by atoms with E-state index in [9.17, 15) is 4.79 Å². The third-order valence-corrected chi connectivity index (χ3v) is 2.55. The van der Waals surface area contributed by atoms with Crippen LogP contribution in [-0.2, 0) is 11.3 Å². The summed E-state index contributed by atoms with van der Waals surface area (Å²) in [5.74, 6) is 0.0104. The average molecular weight is 258 g/mol. The van der Waals surface area contributed by atoms with Crippen LogP contribution >= 0.6 is 0 Å². The maximum absolute atomic E-state index is 11.9. The van der Waals surface area contributed by atoms with Crippen LogP contribution in [0.2, 0.25) is 0 Å². The second-order valence-electron chi connectivity index (χ2n) is 3.85. The van der Waals surface area contributed by atoms with Crippen LogP contribution in [0, 0.1) is 0 Å². The maximum atomic E-state index is 11.9. The van der Waals surface area contributed by atoms with Gasteiger partial charge in [0.25, 0.3) is 0 Å². The molecule has 0 unspecified atom stereocenters. The number of carbonyl (C=O) groups excluding carboxylic acids is 1. The van der Waals surface area contributed by atoms with Gasteiger partial charge in [0.05, 0.1) is 24.1 Å². The number of rotatable bonds is 4. The summed E-state index contributed by atoms with van der Waals surface area (Å²) in [6, 6.07) is 10.2. The lowest BCUT2D eigenvalue weighted by molar-refractivity contribution is 0.0467. The molecule has 5 nitrogen and oxygen atoms in total.